The van der Waals surface area contributed by atoms with Gasteiger partial charge in [0, 0.05) is 30.3 Å². The Morgan fingerprint density at radius 2 is 1.57 bits per heavy atom. The number of carbonyl (C=O) groups is 2. The minimum atomic E-state index is -0.0428. The molecule has 3 aromatic carbocycles. The van der Waals surface area contributed by atoms with Crippen LogP contribution in [0.25, 0.3) is 10.8 Å². The number of piperidine rings is 1. The van der Waals surface area contributed by atoms with Crippen molar-refractivity contribution >= 4 is 22.6 Å². The summed E-state index contributed by atoms with van der Waals surface area (Å²) in [5.41, 5.74) is 2.57. The van der Waals surface area contributed by atoms with E-state index >= 15 is 0 Å². The Kier molecular flexibility index (Phi) is 5.11. The van der Waals surface area contributed by atoms with Crippen molar-refractivity contribution < 1.29 is 9.59 Å². The molecule has 0 aliphatic carbocycles. The molecule has 4 heteroatoms. The third kappa shape index (κ3) is 3.77. The van der Waals surface area contributed by atoms with Gasteiger partial charge in [-0.3, -0.25) is 9.59 Å². The molecule has 142 valence electrons. The quantitative estimate of drug-likeness (QED) is 0.750. The van der Waals surface area contributed by atoms with E-state index in [4.69, 9.17) is 0 Å². The maximum atomic E-state index is 13.0. The molecule has 0 spiro atoms. The standard InChI is InChI=1S/C24H24N2O2/c1-17-9-11-19(12-10-17)23(27)25-20-13-15-26(16-14-20)24(28)22-8-4-6-18-5-2-3-7-21(18)22/h2-12,20H,13-16H2,1H3,(H,25,27). The number of amides is 2. The molecule has 1 fully saturated rings. The molecular formula is C24H24N2O2. The van der Waals surface area contributed by atoms with Crippen LogP contribution in [0.3, 0.4) is 0 Å². The second-order valence-electron chi connectivity index (χ2n) is 7.43. The molecule has 1 heterocycles. The first kappa shape index (κ1) is 18.2. The highest BCUT2D eigenvalue weighted by Crippen LogP contribution is 2.22. The number of nitrogens with zero attached hydrogens (tertiary/aromatic N) is 1. The van der Waals surface area contributed by atoms with Crippen LogP contribution in [0.2, 0.25) is 0 Å². The minimum Gasteiger partial charge on any atom is -0.349 e. The zero-order chi connectivity index (χ0) is 19.5. The van der Waals surface area contributed by atoms with Crippen molar-refractivity contribution in [1.29, 1.82) is 0 Å². The fraction of sp³-hybridized carbons (Fsp3) is 0.250. The normalized spacial score (nSPS) is 14.8. The summed E-state index contributed by atoms with van der Waals surface area (Å²) in [6.07, 6.45) is 1.54. The lowest BCUT2D eigenvalue weighted by Gasteiger charge is -2.32. The van der Waals surface area contributed by atoms with Crippen LogP contribution in [-0.2, 0) is 0 Å². The monoisotopic (exact) mass is 372 g/mol. The van der Waals surface area contributed by atoms with Crippen LogP contribution >= 0.6 is 0 Å². The predicted octanol–water partition coefficient (Wildman–Crippen LogP) is 4.18. The molecule has 2 amide bonds. The molecule has 0 saturated carbocycles. The molecule has 4 nitrogen and oxygen atoms in total. The Morgan fingerprint density at radius 3 is 2.32 bits per heavy atom. The Morgan fingerprint density at radius 1 is 0.893 bits per heavy atom. The van der Waals surface area contributed by atoms with E-state index in [1.807, 2.05) is 78.6 Å². The molecule has 0 aromatic heterocycles. The highest BCUT2D eigenvalue weighted by molar-refractivity contribution is 6.07. The summed E-state index contributed by atoms with van der Waals surface area (Å²) in [4.78, 5) is 27.3. The van der Waals surface area contributed by atoms with Gasteiger partial charge >= 0.3 is 0 Å². The summed E-state index contributed by atoms with van der Waals surface area (Å²) in [7, 11) is 0. The van der Waals surface area contributed by atoms with Crippen molar-refractivity contribution in [3.8, 4) is 0 Å². The first-order valence-corrected chi connectivity index (χ1v) is 9.76. The topological polar surface area (TPSA) is 49.4 Å². The second-order valence-corrected chi connectivity index (χ2v) is 7.43. The van der Waals surface area contributed by atoms with Crippen molar-refractivity contribution in [2.75, 3.05) is 13.1 Å². The van der Waals surface area contributed by atoms with Crippen LogP contribution in [0.15, 0.2) is 66.7 Å². The molecule has 0 unspecified atom stereocenters. The van der Waals surface area contributed by atoms with Gasteiger partial charge in [0.2, 0.25) is 0 Å². The minimum absolute atomic E-state index is 0.0428. The maximum absolute atomic E-state index is 13.0. The molecule has 0 bridgehead atoms. The van der Waals surface area contributed by atoms with E-state index in [2.05, 4.69) is 5.32 Å². The maximum Gasteiger partial charge on any atom is 0.254 e. The summed E-state index contributed by atoms with van der Waals surface area (Å²) in [5, 5.41) is 5.17. The number of benzene rings is 3. The average molecular weight is 372 g/mol. The van der Waals surface area contributed by atoms with Gasteiger partial charge in [-0.15, -0.1) is 0 Å². The number of fused-ring (bicyclic) bond motifs is 1. The van der Waals surface area contributed by atoms with Gasteiger partial charge in [-0.2, -0.15) is 0 Å². The van der Waals surface area contributed by atoms with Crippen molar-refractivity contribution in [3.63, 3.8) is 0 Å². The molecule has 28 heavy (non-hydrogen) atoms. The van der Waals surface area contributed by atoms with E-state index in [0.29, 0.717) is 18.7 Å². The summed E-state index contributed by atoms with van der Waals surface area (Å²) in [6.45, 7) is 3.31. The van der Waals surface area contributed by atoms with Crippen molar-refractivity contribution in [1.82, 2.24) is 10.2 Å². The van der Waals surface area contributed by atoms with Crippen LogP contribution in [0, 0.1) is 6.92 Å². The largest absolute Gasteiger partial charge is 0.349 e. The molecule has 1 N–H and O–H groups in total. The van der Waals surface area contributed by atoms with E-state index in [9.17, 15) is 9.59 Å². The summed E-state index contributed by atoms with van der Waals surface area (Å²) >= 11 is 0. The fourth-order valence-electron chi connectivity index (χ4n) is 3.78. The van der Waals surface area contributed by atoms with Gasteiger partial charge in [0.25, 0.3) is 11.8 Å². The van der Waals surface area contributed by atoms with Gasteiger partial charge in [0.1, 0.15) is 0 Å². The van der Waals surface area contributed by atoms with Crippen LogP contribution in [0.4, 0.5) is 0 Å². The zero-order valence-corrected chi connectivity index (χ0v) is 16.0. The molecule has 1 aliphatic rings. The van der Waals surface area contributed by atoms with Crippen molar-refractivity contribution in [3.05, 3.63) is 83.4 Å². The molecule has 4 rings (SSSR count). The Hall–Kier alpha value is -3.14. The second kappa shape index (κ2) is 7.85. The van der Waals surface area contributed by atoms with Gasteiger partial charge in [0.15, 0.2) is 0 Å². The van der Waals surface area contributed by atoms with Gasteiger partial charge in [-0.05, 0) is 48.7 Å². The van der Waals surface area contributed by atoms with Gasteiger partial charge in [-0.1, -0.05) is 54.1 Å². The number of aryl methyl sites for hydroxylation is 1. The predicted molar refractivity (Wildman–Crippen MR) is 112 cm³/mol. The highest BCUT2D eigenvalue weighted by Gasteiger charge is 2.25. The van der Waals surface area contributed by atoms with Gasteiger partial charge in [-0.25, -0.2) is 0 Å². The third-order valence-corrected chi connectivity index (χ3v) is 5.45. The number of likely N-dealkylation sites (tertiary alicyclic amines) is 1. The van der Waals surface area contributed by atoms with Crippen LogP contribution in [0.5, 0.6) is 0 Å². The lowest BCUT2D eigenvalue weighted by Crippen LogP contribution is -2.46. The average Bonchev–Trinajstić information content (AvgIpc) is 2.74. The van der Waals surface area contributed by atoms with E-state index in [0.717, 1.165) is 34.7 Å². The smallest absolute Gasteiger partial charge is 0.254 e. The molecular weight excluding hydrogens is 348 g/mol. The summed E-state index contributed by atoms with van der Waals surface area (Å²) < 4.78 is 0. The first-order chi connectivity index (χ1) is 13.6. The Balaban J connectivity index is 1.39. The SMILES string of the molecule is Cc1ccc(C(=O)NC2CCN(C(=O)c3cccc4ccccc34)CC2)cc1. The lowest BCUT2D eigenvalue weighted by atomic mass is 10.0. The molecule has 0 radical (unpaired) electrons. The Bertz CT molecular complexity index is 997. The van der Waals surface area contributed by atoms with Crippen LogP contribution in [0.1, 0.15) is 39.1 Å². The Labute approximate surface area is 165 Å². The van der Waals surface area contributed by atoms with E-state index in [1.54, 1.807) is 0 Å². The molecule has 1 aliphatic heterocycles. The zero-order valence-electron chi connectivity index (χ0n) is 16.0. The fourth-order valence-corrected chi connectivity index (χ4v) is 3.78. The van der Waals surface area contributed by atoms with Crippen LogP contribution in [-0.4, -0.2) is 35.8 Å². The molecule has 3 aromatic rings. The van der Waals surface area contributed by atoms with E-state index in [1.165, 1.54) is 0 Å². The number of hydrogen-bond acceptors (Lipinski definition) is 2. The number of rotatable bonds is 3. The number of carbonyl (C=O) groups excluding carboxylic acids is 2. The van der Waals surface area contributed by atoms with E-state index < -0.39 is 0 Å². The summed E-state index contributed by atoms with van der Waals surface area (Å²) in [6, 6.07) is 21.5. The highest BCUT2D eigenvalue weighted by atomic mass is 16.2. The molecule has 0 atom stereocenters. The number of nitrogens with one attached hydrogen (secondary N) is 1. The lowest BCUT2D eigenvalue weighted by molar-refractivity contribution is 0.0700. The van der Waals surface area contributed by atoms with Gasteiger partial charge < -0.3 is 10.2 Å². The first-order valence-electron chi connectivity index (χ1n) is 9.76. The summed E-state index contributed by atoms with van der Waals surface area (Å²) in [5.74, 6) is 0.0268. The van der Waals surface area contributed by atoms with Crippen LogP contribution < -0.4 is 5.32 Å². The van der Waals surface area contributed by atoms with Crippen molar-refractivity contribution in [2.45, 2.75) is 25.8 Å². The molecule has 1 saturated heterocycles. The van der Waals surface area contributed by atoms with Gasteiger partial charge in [0.05, 0.1) is 0 Å². The van der Waals surface area contributed by atoms with Crippen molar-refractivity contribution in [2.24, 2.45) is 0 Å². The third-order valence-electron chi connectivity index (χ3n) is 5.45. The van der Waals surface area contributed by atoms with E-state index in [-0.39, 0.29) is 17.9 Å². The number of hydrogen-bond donors (Lipinski definition) is 1.